The van der Waals surface area contributed by atoms with Crippen molar-refractivity contribution in [2.24, 2.45) is 0 Å². The first-order valence-corrected chi connectivity index (χ1v) is 7.26. The van der Waals surface area contributed by atoms with Crippen LogP contribution in [0, 0.1) is 6.92 Å². The second kappa shape index (κ2) is 5.02. The van der Waals surface area contributed by atoms with Crippen molar-refractivity contribution in [3.05, 3.63) is 52.1 Å². The van der Waals surface area contributed by atoms with Crippen molar-refractivity contribution >= 4 is 38.6 Å². The molecule has 3 aromatic rings. The molecular formula is C14H12BrClN2O. The normalized spacial score (nSPS) is 11.3. The summed E-state index contributed by atoms with van der Waals surface area (Å²) in [6.07, 6.45) is 0. The summed E-state index contributed by atoms with van der Waals surface area (Å²) in [5.74, 6) is 3.05. The molecule has 0 spiro atoms. The molecule has 0 atom stereocenters. The molecule has 1 aromatic carbocycles. The number of nitrogens with zero attached hydrogens (tertiary/aromatic N) is 2. The molecule has 98 valence electrons. The average Bonchev–Trinajstić information content (AvgIpc) is 2.94. The predicted molar refractivity (Wildman–Crippen MR) is 79.5 cm³/mol. The Balaban J connectivity index is 2.10. The Morgan fingerprint density at radius 3 is 2.84 bits per heavy atom. The summed E-state index contributed by atoms with van der Waals surface area (Å²) in [5, 5.41) is 0. The second-order valence-corrected chi connectivity index (χ2v) is 5.58. The van der Waals surface area contributed by atoms with Crippen molar-refractivity contribution in [3.63, 3.8) is 0 Å². The van der Waals surface area contributed by atoms with Crippen molar-refractivity contribution in [3.8, 4) is 0 Å². The number of halogens is 2. The van der Waals surface area contributed by atoms with Crippen LogP contribution in [0.1, 0.15) is 17.3 Å². The molecule has 0 N–H and O–H groups in total. The second-order valence-electron chi connectivity index (χ2n) is 4.39. The summed E-state index contributed by atoms with van der Waals surface area (Å²) in [7, 11) is 0. The number of furan rings is 1. The van der Waals surface area contributed by atoms with E-state index in [0.29, 0.717) is 12.4 Å². The van der Waals surface area contributed by atoms with Gasteiger partial charge in [0.25, 0.3) is 0 Å². The standard InChI is InChI=1S/C14H12BrClN2O/c1-9-2-4-11(19-9)8-18-13-5-3-10(15)6-12(13)17-14(18)7-16/h2-6H,7-8H2,1H3. The number of rotatable bonds is 3. The maximum Gasteiger partial charge on any atom is 0.125 e. The smallest absolute Gasteiger partial charge is 0.125 e. The van der Waals surface area contributed by atoms with Crippen LogP contribution in [-0.4, -0.2) is 9.55 Å². The molecule has 2 aromatic heterocycles. The summed E-state index contributed by atoms with van der Waals surface area (Å²) >= 11 is 9.45. The highest BCUT2D eigenvalue weighted by Gasteiger charge is 2.12. The molecule has 3 nitrogen and oxygen atoms in total. The van der Waals surface area contributed by atoms with Gasteiger partial charge in [0.05, 0.1) is 23.5 Å². The zero-order valence-corrected chi connectivity index (χ0v) is 12.7. The number of aryl methyl sites for hydroxylation is 1. The minimum absolute atomic E-state index is 0.381. The molecule has 0 bridgehead atoms. The summed E-state index contributed by atoms with van der Waals surface area (Å²) in [6.45, 7) is 2.59. The van der Waals surface area contributed by atoms with Crippen molar-refractivity contribution in [2.45, 2.75) is 19.3 Å². The van der Waals surface area contributed by atoms with Gasteiger partial charge in [0, 0.05) is 4.47 Å². The highest BCUT2D eigenvalue weighted by atomic mass is 79.9. The van der Waals surface area contributed by atoms with Gasteiger partial charge in [0.15, 0.2) is 0 Å². The number of hydrogen-bond acceptors (Lipinski definition) is 2. The Morgan fingerprint density at radius 1 is 1.32 bits per heavy atom. The van der Waals surface area contributed by atoms with Gasteiger partial charge in [-0.1, -0.05) is 15.9 Å². The van der Waals surface area contributed by atoms with Gasteiger partial charge in [-0.25, -0.2) is 4.98 Å². The van der Waals surface area contributed by atoms with Crippen LogP contribution in [-0.2, 0) is 12.4 Å². The topological polar surface area (TPSA) is 31.0 Å². The van der Waals surface area contributed by atoms with E-state index in [2.05, 4.69) is 25.5 Å². The van der Waals surface area contributed by atoms with Gasteiger partial charge < -0.3 is 8.98 Å². The molecule has 5 heteroatoms. The number of fused-ring (bicyclic) bond motifs is 1. The molecule has 0 saturated carbocycles. The first kappa shape index (κ1) is 12.8. The number of hydrogen-bond donors (Lipinski definition) is 0. The van der Waals surface area contributed by atoms with Crippen LogP contribution < -0.4 is 0 Å². The molecule has 0 aliphatic carbocycles. The van der Waals surface area contributed by atoms with Gasteiger partial charge in [-0.05, 0) is 37.3 Å². The maximum atomic E-state index is 5.99. The molecule has 0 aliphatic rings. The van der Waals surface area contributed by atoms with E-state index >= 15 is 0 Å². The zero-order chi connectivity index (χ0) is 13.4. The molecule has 19 heavy (non-hydrogen) atoms. The molecule has 0 fully saturated rings. The van der Waals surface area contributed by atoms with E-state index in [-0.39, 0.29) is 0 Å². The van der Waals surface area contributed by atoms with Crippen LogP contribution in [0.5, 0.6) is 0 Å². The lowest BCUT2D eigenvalue weighted by Gasteiger charge is -2.05. The molecular weight excluding hydrogens is 328 g/mol. The van der Waals surface area contributed by atoms with Crippen molar-refractivity contribution in [1.29, 1.82) is 0 Å². The fourth-order valence-corrected chi connectivity index (χ4v) is 2.71. The maximum absolute atomic E-state index is 5.99. The van der Waals surface area contributed by atoms with Gasteiger partial charge in [-0.3, -0.25) is 0 Å². The van der Waals surface area contributed by atoms with E-state index in [1.807, 2.05) is 37.3 Å². The number of benzene rings is 1. The van der Waals surface area contributed by atoms with E-state index in [0.717, 1.165) is 32.9 Å². The van der Waals surface area contributed by atoms with E-state index < -0.39 is 0 Å². The molecule has 0 unspecified atom stereocenters. The van der Waals surface area contributed by atoms with Crippen molar-refractivity contribution < 1.29 is 4.42 Å². The quantitative estimate of drug-likeness (QED) is 0.658. The third kappa shape index (κ3) is 2.42. The van der Waals surface area contributed by atoms with Crippen molar-refractivity contribution in [1.82, 2.24) is 9.55 Å². The number of alkyl halides is 1. The largest absolute Gasteiger partial charge is 0.464 e. The van der Waals surface area contributed by atoms with E-state index in [9.17, 15) is 0 Å². The SMILES string of the molecule is Cc1ccc(Cn2c(CCl)nc3cc(Br)ccc32)o1. The van der Waals surface area contributed by atoms with Crippen LogP contribution in [0.15, 0.2) is 39.2 Å². The highest BCUT2D eigenvalue weighted by molar-refractivity contribution is 9.10. The van der Waals surface area contributed by atoms with Crippen LogP contribution in [0.3, 0.4) is 0 Å². The zero-order valence-electron chi connectivity index (χ0n) is 10.4. The Labute approximate surface area is 124 Å². The van der Waals surface area contributed by atoms with Gasteiger partial charge in [-0.2, -0.15) is 0 Å². The molecule has 2 heterocycles. The monoisotopic (exact) mass is 338 g/mol. The lowest BCUT2D eigenvalue weighted by atomic mass is 10.3. The number of aromatic nitrogens is 2. The Hall–Kier alpha value is -1.26. The van der Waals surface area contributed by atoms with Crippen LogP contribution in [0.2, 0.25) is 0 Å². The first-order valence-electron chi connectivity index (χ1n) is 5.93. The van der Waals surface area contributed by atoms with Gasteiger partial charge >= 0.3 is 0 Å². The highest BCUT2D eigenvalue weighted by Crippen LogP contribution is 2.23. The minimum Gasteiger partial charge on any atom is -0.464 e. The Bertz CT molecular complexity index is 732. The third-order valence-corrected chi connectivity index (χ3v) is 3.75. The third-order valence-electron chi connectivity index (χ3n) is 3.02. The molecule has 0 aliphatic heterocycles. The first-order chi connectivity index (χ1) is 9.17. The van der Waals surface area contributed by atoms with E-state index in [1.165, 1.54) is 0 Å². The average molecular weight is 340 g/mol. The summed E-state index contributed by atoms with van der Waals surface area (Å²) in [6, 6.07) is 9.99. The molecule has 3 rings (SSSR count). The molecule has 0 saturated heterocycles. The van der Waals surface area contributed by atoms with Crippen LogP contribution in [0.25, 0.3) is 11.0 Å². The minimum atomic E-state index is 0.381. The Morgan fingerprint density at radius 2 is 2.16 bits per heavy atom. The fraction of sp³-hybridized carbons (Fsp3) is 0.214. The lowest BCUT2D eigenvalue weighted by Crippen LogP contribution is -2.02. The van der Waals surface area contributed by atoms with Crippen molar-refractivity contribution in [2.75, 3.05) is 0 Å². The number of imidazole rings is 1. The van der Waals surface area contributed by atoms with Gasteiger partial charge in [0.2, 0.25) is 0 Å². The Kier molecular flexibility index (Phi) is 3.37. The van der Waals surface area contributed by atoms with Crippen LogP contribution in [0.4, 0.5) is 0 Å². The predicted octanol–water partition coefficient (Wildman–Crippen LogP) is 4.49. The van der Waals surface area contributed by atoms with Gasteiger partial charge in [-0.15, -0.1) is 11.6 Å². The lowest BCUT2D eigenvalue weighted by molar-refractivity contribution is 0.470. The summed E-state index contributed by atoms with van der Waals surface area (Å²) in [4.78, 5) is 4.55. The van der Waals surface area contributed by atoms with Crippen LogP contribution >= 0.6 is 27.5 Å². The van der Waals surface area contributed by atoms with E-state index in [4.69, 9.17) is 16.0 Å². The molecule has 0 amide bonds. The molecule has 0 radical (unpaired) electrons. The fourth-order valence-electron chi connectivity index (χ4n) is 2.16. The van der Waals surface area contributed by atoms with Gasteiger partial charge in [0.1, 0.15) is 17.3 Å². The summed E-state index contributed by atoms with van der Waals surface area (Å²) < 4.78 is 8.73. The summed E-state index contributed by atoms with van der Waals surface area (Å²) in [5.41, 5.74) is 2.00. The van der Waals surface area contributed by atoms with E-state index in [1.54, 1.807) is 0 Å².